The lowest BCUT2D eigenvalue weighted by Crippen LogP contribution is -2.26. The first-order chi connectivity index (χ1) is 13.8. The van der Waals surface area contributed by atoms with Gasteiger partial charge in [-0.05, 0) is 36.2 Å². The molecule has 0 unspecified atom stereocenters. The predicted octanol–water partition coefficient (Wildman–Crippen LogP) is 2.96. The molecule has 0 radical (unpaired) electrons. The van der Waals surface area contributed by atoms with E-state index in [0.717, 1.165) is 5.56 Å². The highest BCUT2D eigenvalue weighted by Crippen LogP contribution is 2.19. The van der Waals surface area contributed by atoms with Gasteiger partial charge in [-0.2, -0.15) is 4.31 Å². The first kappa shape index (κ1) is 22.3. The number of carbonyl (C=O) groups is 2. The number of nitrogens with one attached hydrogen (secondary N) is 1. The third kappa shape index (κ3) is 6.85. The SMILES string of the molecule is CC/C=C/C(=O)OCC(=O)Nc1ccc(S(=O)(=O)N(C)Cc2ccccc2)cc1. The average molecular weight is 416 g/mol. The van der Waals surface area contributed by atoms with Gasteiger partial charge in [-0.25, -0.2) is 13.2 Å². The highest BCUT2D eigenvalue weighted by atomic mass is 32.2. The van der Waals surface area contributed by atoms with Crippen molar-refractivity contribution in [2.45, 2.75) is 24.8 Å². The number of amides is 1. The van der Waals surface area contributed by atoms with Crippen molar-refractivity contribution in [1.82, 2.24) is 4.31 Å². The Bertz CT molecular complexity index is 954. The molecule has 2 aromatic carbocycles. The molecule has 1 amide bonds. The molecule has 2 aromatic rings. The zero-order chi connectivity index (χ0) is 21.3. The quantitative estimate of drug-likeness (QED) is 0.501. The number of hydrogen-bond donors (Lipinski definition) is 1. The summed E-state index contributed by atoms with van der Waals surface area (Å²) in [5, 5.41) is 2.55. The van der Waals surface area contributed by atoms with Crippen LogP contribution in [0.5, 0.6) is 0 Å². The Morgan fingerprint density at radius 2 is 1.72 bits per heavy atom. The van der Waals surface area contributed by atoms with Crippen molar-refractivity contribution in [2.75, 3.05) is 19.0 Å². The number of sulfonamides is 1. The van der Waals surface area contributed by atoms with Crippen LogP contribution in [0.3, 0.4) is 0 Å². The molecule has 7 nitrogen and oxygen atoms in total. The van der Waals surface area contributed by atoms with Crippen LogP contribution in [0, 0.1) is 0 Å². The second kappa shape index (κ2) is 10.5. The van der Waals surface area contributed by atoms with E-state index < -0.39 is 28.5 Å². The van der Waals surface area contributed by atoms with Gasteiger partial charge in [0, 0.05) is 25.4 Å². The Balaban J connectivity index is 1.95. The van der Waals surface area contributed by atoms with E-state index in [1.54, 1.807) is 6.08 Å². The van der Waals surface area contributed by atoms with Crippen molar-refractivity contribution >= 4 is 27.6 Å². The Morgan fingerprint density at radius 3 is 2.34 bits per heavy atom. The molecule has 0 aliphatic heterocycles. The van der Waals surface area contributed by atoms with Gasteiger partial charge in [-0.1, -0.05) is 43.3 Å². The summed E-state index contributed by atoms with van der Waals surface area (Å²) in [5.41, 5.74) is 1.28. The fourth-order valence-corrected chi connectivity index (χ4v) is 3.57. The number of esters is 1. The van der Waals surface area contributed by atoms with Gasteiger partial charge in [0.1, 0.15) is 0 Å². The van der Waals surface area contributed by atoms with Crippen molar-refractivity contribution < 1.29 is 22.7 Å². The van der Waals surface area contributed by atoms with Crippen LogP contribution < -0.4 is 5.32 Å². The molecule has 0 heterocycles. The number of benzene rings is 2. The number of nitrogens with zero attached hydrogens (tertiary/aromatic N) is 1. The zero-order valence-electron chi connectivity index (χ0n) is 16.4. The van der Waals surface area contributed by atoms with E-state index in [-0.39, 0.29) is 11.4 Å². The zero-order valence-corrected chi connectivity index (χ0v) is 17.2. The fourth-order valence-electron chi connectivity index (χ4n) is 2.41. The highest BCUT2D eigenvalue weighted by Gasteiger charge is 2.20. The summed E-state index contributed by atoms with van der Waals surface area (Å²) < 4.78 is 31.5. The van der Waals surface area contributed by atoms with Crippen LogP contribution in [0.15, 0.2) is 71.6 Å². The van der Waals surface area contributed by atoms with Crippen molar-refractivity contribution in [3.8, 4) is 0 Å². The molecule has 8 heteroatoms. The molecule has 0 spiro atoms. The van der Waals surface area contributed by atoms with Gasteiger partial charge < -0.3 is 10.1 Å². The van der Waals surface area contributed by atoms with Crippen LogP contribution in [-0.2, 0) is 30.9 Å². The molecule has 0 atom stereocenters. The predicted molar refractivity (Wildman–Crippen MR) is 111 cm³/mol. The molecular formula is C21H24N2O5S. The van der Waals surface area contributed by atoms with E-state index >= 15 is 0 Å². The minimum atomic E-state index is -3.67. The molecule has 2 rings (SSSR count). The smallest absolute Gasteiger partial charge is 0.330 e. The minimum Gasteiger partial charge on any atom is -0.452 e. The summed E-state index contributed by atoms with van der Waals surface area (Å²) in [6.45, 7) is 1.70. The Morgan fingerprint density at radius 1 is 1.07 bits per heavy atom. The maximum atomic E-state index is 12.7. The highest BCUT2D eigenvalue weighted by molar-refractivity contribution is 7.89. The minimum absolute atomic E-state index is 0.116. The first-order valence-corrected chi connectivity index (χ1v) is 10.5. The molecule has 154 valence electrons. The Kier molecular flexibility index (Phi) is 8.11. The van der Waals surface area contributed by atoms with Crippen LogP contribution in [-0.4, -0.2) is 38.3 Å². The van der Waals surface area contributed by atoms with Crippen molar-refractivity contribution in [1.29, 1.82) is 0 Å². The average Bonchev–Trinajstić information content (AvgIpc) is 2.71. The Hall–Kier alpha value is -2.97. The van der Waals surface area contributed by atoms with E-state index in [9.17, 15) is 18.0 Å². The molecule has 0 fully saturated rings. The Labute approximate surface area is 171 Å². The topological polar surface area (TPSA) is 92.8 Å². The van der Waals surface area contributed by atoms with Crippen molar-refractivity contribution in [2.24, 2.45) is 0 Å². The number of hydrogen-bond acceptors (Lipinski definition) is 5. The lowest BCUT2D eigenvalue weighted by Gasteiger charge is -2.17. The second-order valence-corrected chi connectivity index (χ2v) is 8.28. The molecule has 0 aromatic heterocycles. The number of rotatable bonds is 9. The third-order valence-electron chi connectivity index (χ3n) is 3.93. The van der Waals surface area contributed by atoms with Gasteiger partial charge in [0.25, 0.3) is 5.91 Å². The van der Waals surface area contributed by atoms with E-state index in [0.29, 0.717) is 12.1 Å². The molecule has 0 aliphatic rings. The molecule has 0 saturated heterocycles. The van der Waals surface area contributed by atoms with Gasteiger partial charge in [0.15, 0.2) is 6.61 Å². The second-order valence-electron chi connectivity index (χ2n) is 6.24. The summed E-state index contributed by atoms with van der Waals surface area (Å²) in [6, 6.07) is 15.1. The van der Waals surface area contributed by atoms with E-state index in [1.807, 2.05) is 37.3 Å². The van der Waals surface area contributed by atoms with E-state index in [1.165, 1.54) is 41.7 Å². The molecule has 29 heavy (non-hydrogen) atoms. The summed E-state index contributed by atoms with van der Waals surface area (Å²) >= 11 is 0. The normalized spacial score (nSPS) is 11.6. The number of ether oxygens (including phenoxy) is 1. The lowest BCUT2D eigenvalue weighted by molar-refractivity contribution is -0.142. The summed E-state index contributed by atoms with van der Waals surface area (Å²) in [5.74, 6) is -1.11. The van der Waals surface area contributed by atoms with Gasteiger partial charge in [-0.3, -0.25) is 4.79 Å². The summed E-state index contributed by atoms with van der Waals surface area (Å²) in [4.78, 5) is 23.3. The monoisotopic (exact) mass is 416 g/mol. The number of allylic oxidation sites excluding steroid dienone is 1. The van der Waals surface area contributed by atoms with Gasteiger partial charge >= 0.3 is 5.97 Å². The number of anilines is 1. The van der Waals surface area contributed by atoms with E-state index in [4.69, 9.17) is 4.74 Å². The van der Waals surface area contributed by atoms with Gasteiger partial charge in [0.05, 0.1) is 4.90 Å². The van der Waals surface area contributed by atoms with Crippen molar-refractivity contribution in [3.63, 3.8) is 0 Å². The summed E-state index contributed by atoms with van der Waals surface area (Å²) in [6.07, 6.45) is 3.59. The van der Waals surface area contributed by atoms with Crippen LogP contribution in [0.2, 0.25) is 0 Å². The van der Waals surface area contributed by atoms with Crippen LogP contribution in [0.1, 0.15) is 18.9 Å². The van der Waals surface area contributed by atoms with Crippen LogP contribution in [0.25, 0.3) is 0 Å². The molecule has 0 saturated carbocycles. The molecular weight excluding hydrogens is 392 g/mol. The number of carbonyl (C=O) groups excluding carboxylic acids is 2. The fraction of sp³-hybridized carbons (Fsp3) is 0.238. The summed E-state index contributed by atoms with van der Waals surface area (Å²) in [7, 11) is -2.16. The first-order valence-electron chi connectivity index (χ1n) is 9.06. The van der Waals surface area contributed by atoms with Gasteiger partial charge in [0.2, 0.25) is 10.0 Å². The molecule has 1 N–H and O–H groups in total. The lowest BCUT2D eigenvalue weighted by atomic mass is 10.2. The maximum Gasteiger partial charge on any atom is 0.330 e. The van der Waals surface area contributed by atoms with Gasteiger partial charge in [-0.15, -0.1) is 0 Å². The third-order valence-corrected chi connectivity index (χ3v) is 5.75. The van der Waals surface area contributed by atoms with Crippen LogP contribution >= 0.6 is 0 Å². The molecule has 0 aliphatic carbocycles. The largest absolute Gasteiger partial charge is 0.452 e. The van der Waals surface area contributed by atoms with E-state index in [2.05, 4.69) is 5.32 Å². The standard InChI is InChI=1S/C21H24N2O5S/c1-3-4-10-21(25)28-16-20(24)22-18-11-13-19(14-12-18)29(26,27)23(2)15-17-8-6-5-7-9-17/h4-14H,3,15-16H2,1-2H3,(H,22,24)/b10-4+. The molecule has 0 bridgehead atoms. The maximum absolute atomic E-state index is 12.7. The van der Waals surface area contributed by atoms with Crippen molar-refractivity contribution in [3.05, 3.63) is 72.3 Å². The van der Waals surface area contributed by atoms with Crippen LogP contribution in [0.4, 0.5) is 5.69 Å².